The first-order valence-corrected chi connectivity index (χ1v) is 8.74. The van der Waals surface area contributed by atoms with Gasteiger partial charge in [-0.05, 0) is 69.4 Å². The molecule has 1 unspecified atom stereocenters. The van der Waals surface area contributed by atoms with Gasteiger partial charge >= 0.3 is 0 Å². The summed E-state index contributed by atoms with van der Waals surface area (Å²) in [5.74, 6) is 1.62. The Hall–Kier alpha value is -0.570. The molecule has 0 radical (unpaired) electrons. The largest absolute Gasteiger partial charge is 0.353 e. The van der Waals surface area contributed by atoms with E-state index >= 15 is 0 Å². The zero-order valence-corrected chi connectivity index (χ0v) is 12.9. The van der Waals surface area contributed by atoms with Gasteiger partial charge in [-0.15, -0.1) is 0 Å². The monoisotopic (exact) mass is 278 g/mol. The highest BCUT2D eigenvalue weighted by Crippen LogP contribution is 2.58. The molecule has 2 saturated carbocycles. The molecule has 2 N–H and O–H groups in total. The van der Waals surface area contributed by atoms with E-state index in [0.717, 1.165) is 25.4 Å². The van der Waals surface area contributed by atoms with Gasteiger partial charge in [0.25, 0.3) is 0 Å². The Morgan fingerprint density at radius 2 is 1.90 bits per heavy atom. The molecule has 114 valence electrons. The van der Waals surface area contributed by atoms with E-state index in [-0.39, 0.29) is 0 Å². The van der Waals surface area contributed by atoms with Gasteiger partial charge in [0, 0.05) is 12.0 Å². The lowest BCUT2D eigenvalue weighted by Crippen LogP contribution is -2.40. The van der Waals surface area contributed by atoms with E-state index in [1.54, 1.807) is 0 Å². The minimum atomic E-state index is 0.331. The quantitative estimate of drug-likeness (QED) is 0.830. The first-order chi connectivity index (χ1) is 9.73. The van der Waals surface area contributed by atoms with Crippen molar-refractivity contribution in [2.24, 2.45) is 17.3 Å². The van der Waals surface area contributed by atoms with Crippen LogP contribution in [0.5, 0.6) is 0 Å². The van der Waals surface area contributed by atoms with Crippen molar-refractivity contribution < 1.29 is 4.79 Å². The van der Waals surface area contributed by atoms with Gasteiger partial charge < -0.3 is 10.6 Å². The maximum absolute atomic E-state index is 12.4. The second-order valence-corrected chi connectivity index (χ2v) is 7.38. The molecule has 3 heteroatoms. The van der Waals surface area contributed by atoms with Crippen molar-refractivity contribution >= 4 is 5.91 Å². The SMILES string of the molecule is CCCC1CCC(NC(=O)C2CC23CCNCC3)CC1. The summed E-state index contributed by atoms with van der Waals surface area (Å²) in [6.45, 7) is 4.48. The number of piperidine rings is 1. The van der Waals surface area contributed by atoms with Gasteiger partial charge in [0.05, 0.1) is 0 Å². The average Bonchev–Trinajstić information content (AvgIpc) is 3.16. The summed E-state index contributed by atoms with van der Waals surface area (Å²) in [6.07, 6.45) is 11.3. The zero-order valence-electron chi connectivity index (χ0n) is 12.9. The van der Waals surface area contributed by atoms with Crippen molar-refractivity contribution in [3.05, 3.63) is 0 Å². The summed E-state index contributed by atoms with van der Waals surface area (Å²) < 4.78 is 0. The number of amides is 1. The summed E-state index contributed by atoms with van der Waals surface area (Å²) in [5.41, 5.74) is 0.384. The second kappa shape index (κ2) is 6.05. The number of nitrogens with one attached hydrogen (secondary N) is 2. The van der Waals surface area contributed by atoms with Crippen molar-refractivity contribution in [3.63, 3.8) is 0 Å². The van der Waals surface area contributed by atoms with E-state index < -0.39 is 0 Å². The molecule has 3 aliphatic rings. The van der Waals surface area contributed by atoms with Crippen LogP contribution in [-0.4, -0.2) is 25.0 Å². The maximum atomic E-state index is 12.4. The number of carbonyl (C=O) groups is 1. The summed E-state index contributed by atoms with van der Waals surface area (Å²) in [4.78, 5) is 12.4. The van der Waals surface area contributed by atoms with E-state index in [1.807, 2.05) is 0 Å². The molecule has 1 aliphatic heterocycles. The Kier molecular flexibility index (Phi) is 4.34. The van der Waals surface area contributed by atoms with Crippen molar-refractivity contribution in [1.29, 1.82) is 0 Å². The fourth-order valence-electron chi connectivity index (χ4n) is 4.50. The standard InChI is InChI=1S/C17H30N2O/c1-2-3-13-4-6-14(7-5-13)19-16(20)15-12-17(15)8-10-18-11-9-17/h13-15,18H,2-12H2,1H3,(H,19,20). The van der Waals surface area contributed by atoms with Gasteiger partial charge in [0.2, 0.25) is 5.91 Å². The molecule has 1 spiro atoms. The third kappa shape index (κ3) is 3.03. The third-order valence-electron chi connectivity index (χ3n) is 6.00. The normalized spacial score (nSPS) is 35.8. The van der Waals surface area contributed by atoms with Gasteiger partial charge in [-0.3, -0.25) is 4.79 Å². The van der Waals surface area contributed by atoms with Crippen LogP contribution in [0, 0.1) is 17.3 Å². The molecule has 0 bridgehead atoms. The molecule has 2 aliphatic carbocycles. The number of hydrogen-bond donors (Lipinski definition) is 2. The Bertz CT molecular complexity index is 341. The van der Waals surface area contributed by atoms with Gasteiger partial charge in [-0.1, -0.05) is 19.8 Å². The molecular weight excluding hydrogens is 248 g/mol. The molecule has 3 rings (SSSR count). The van der Waals surface area contributed by atoms with E-state index in [1.165, 1.54) is 51.4 Å². The Labute approximate surface area is 123 Å². The highest BCUT2D eigenvalue weighted by Gasteiger charge is 2.57. The molecular formula is C17H30N2O. The molecule has 3 fully saturated rings. The molecule has 20 heavy (non-hydrogen) atoms. The lowest BCUT2D eigenvalue weighted by molar-refractivity contribution is -0.124. The van der Waals surface area contributed by atoms with Crippen LogP contribution in [0.2, 0.25) is 0 Å². The Balaban J connectivity index is 1.42. The highest BCUT2D eigenvalue weighted by molar-refractivity contribution is 5.82. The minimum absolute atomic E-state index is 0.331. The highest BCUT2D eigenvalue weighted by atomic mass is 16.2. The lowest BCUT2D eigenvalue weighted by atomic mass is 9.83. The Morgan fingerprint density at radius 3 is 2.55 bits per heavy atom. The smallest absolute Gasteiger partial charge is 0.223 e. The van der Waals surface area contributed by atoms with Gasteiger partial charge in [-0.25, -0.2) is 0 Å². The van der Waals surface area contributed by atoms with E-state index in [4.69, 9.17) is 0 Å². The molecule has 0 aromatic rings. The molecule has 0 aromatic heterocycles. The Morgan fingerprint density at radius 1 is 1.20 bits per heavy atom. The van der Waals surface area contributed by atoms with Crippen LogP contribution in [0.4, 0.5) is 0 Å². The fraction of sp³-hybridized carbons (Fsp3) is 0.941. The summed E-state index contributed by atoms with van der Waals surface area (Å²) in [7, 11) is 0. The van der Waals surface area contributed by atoms with Crippen LogP contribution in [0.25, 0.3) is 0 Å². The molecule has 1 atom stereocenters. The van der Waals surface area contributed by atoms with Crippen LogP contribution in [0.15, 0.2) is 0 Å². The predicted octanol–water partition coefficient (Wildman–Crippen LogP) is 2.85. The first-order valence-electron chi connectivity index (χ1n) is 8.74. The molecule has 3 nitrogen and oxygen atoms in total. The second-order valence-electron chi connectivity index (χ2n) is 7.38. The van der Waals surface area contributed by atoms with Crippen LogP contribution in [0.1, 0.15) is 64.7 Å². The van der Waals surface area contributed by atoms with Gasteiger partial charge in [0.15, 0.2) is 0 Å². The van der Waals surface area contributed by atoms with Crippen LogP contribution in [0.3, 0.4) is 0 Å². The van der Waals surface area contributed by atoms with E-state index in [9.17, 15) is 4.79 Å². The van der Waals surface area contributed by atoms with Crippen LogP contribution in [-0.2, 0) is 4.79 Å². The lowest BCUT2D eigenvalue weighted by Gasteiger charge is -2.29. The molecule has 1 heterocycles. The fourth-order valence-corrected chi connectivity index (χ4v) is 4.50. The number of hydrogen-bond acceptors (Lipinski definition) is 2. The maximum Gasteiger partial charge on any atom is 0.223 e. The molecule has 1 amide bonds. The van der Waals surface area contributed by atoms with E-state index in [0.29, 0.717) is 23.3 Å². The average molecular weight is 278 g/mol. The predicted molar refractivity (Wildman–Crippen MR) is 81.4 cm³/mol. The van der Waals surface area contributed by atoms with Crippen molar-refractivity contribution in [2.45, 2.75) is 70.8 Å². The van der Waals surface area contributed by atoms with Crippen molar-refractivity contribution in [1.82, 2.24) is 10.6 Å². The van der Waals surface area contributed by atoms with Gasteiger partial charge in [-0.2, -0.15) is 0 Å². The third-order valence-corrected chi connectivity index (χ3v) is 6.00. The van der Waals surface area contributed by atoms with Crippen LogP contribution < -0.4 is 10.6 Å². The summed E-state index contributed by atoms with van der Waals surface area (Å²) >= 11 is 0. The molecule has 1 saturated heterocycles. The number of rotatable bonds is 4. The van der Waals surface area contributed by atoms with Crippen molar-refractivity contribution in [3.8, 4) is 0 Å². The number of carbonyl (C=O) groups excluding carboxylic acids is 1. The first kappa shape index (κ1) is 14.4. The summed E-state index contributed by atoms with van der Waals surface area (Å²) in [5, 5.41) is 6.76. The van der Waals surface area contributed by atoms with Crippen molar-refractivity contribution in [2.75, 3.05) is 13.1 Å². The van der Waals surface area contributed by atoms with Gasteiger partial charge in [0.1, 0.15) is 0 Å². The topological polar surface area (TPSA) is 41.1 Å². The molecule has 0 aromatic carbocycles. The summed E-state index contributed by atoms with van der Waals surface area (Å²) in [6, 6.07) is 0.468. The van der Waals surface area contributed by atoms with E-state index in [2.05, 4.69) is 17.6 Å². The minimum Gasteiger partial charge on any atom is -0.353 e. The zero-order chi connectivity index (χ0) is 14.0. The van der Waals surface area contributed by atoms with Crippen LogP contribution >= 0.6 is 0 Å².